The predicted molar refractivity (Wildman–Crippen MR) is 57.5 cm³/mol. The fourth-order valence-electron chi connectivity index (χ4n) is 1.50. The van der Waals surface area contributed by atoms with Crippen molar-refractivity contribution in [2.45, 2.75) is 12.6 Å². The van der Waals surface area contributed by atoms with Gasteiger partial charge in [-0.1, -0.05) is 6.07 Å². The molecule has 2 rings (SSSR count). The van der Waals surface area contributed by atoms with Crippen LogP contribution in [0.3, 0.4) is 0 Å². The zero-order valence-electron chi connectivity index (χ0n) is 9.54. The summed E-state index contributed by atoms with van der Waals surface area (Å²) < 4.78 is 56.5. The van der Waals surface area contributed by atoms with E-state index in [1.54, 1.807) is 0 Å². The second-order valence-electron chi connectivity index (χ2n) is 3.70. The summed E-state index contributed by atoms with van der Waals surface area (Å²) in [7, 11) is 0. The largest absolute Gasteiger partial charge is 0.421 e. The fraction of sp³-hybridized carbons (Fsp3) is 0.273. The Kier molecular flexibility index (Phi) is 3.52. The van der Waals surface area contributed by atoms with Gasteiger partial charge in [0.1, 0.15) is 5.82 Å². The minimum absolute atomic E-state index is 0.148. The van der Waals surface area contributed by atoms with Crippen LogP contribution in [0.5, 0.6) is 0 Å². The minimum atomic E-state index is -4.78. The van der Waals surface area contributed by atoms with Gasteiger partial charge in [-0.05, 0) is 12.1 Å². The Hall–Kier alpha value is -1.96. The monoisotopic (exact) mass is 275 g/mol. The van der Waals surface area contributed by atoms with E-state index in [0.29, 0.717) is 6.07 Å². The van der Waals surface area contributed by atoms with Crippen molar-refractivity contribution < 1.29 is 22.0 Å². The SMILES string of the molecule is NCCc1nnc(-c2cccc(C(F)(F)F)c2F)o1. The molecule has 0 saturated carbocycles. The first-order valence-corrected chi connectivity index (χ1v) is 5.32. The van der Waals surface area contributed by atoms with E-state index in [4.69, 9.17) is 10.2 Å². The van der Waals surface area contributed by atoms with Crippen LogP contribution < -0.4 is 5.73 Å². The Morgan fingerprint density at radius 1 is 1.21 bits per heavy atom. The lowest BCUT2D eigenvalue weighted by atomic mass is 10.1. The van der Waals surface area contributed by atoms with Gasteiger partial charge in [0.15, 0.2) is 0 Å². The van der Waals surface area contributed by atoms with Gasteiger partial charge in [0, 0.05) is 13.0 Å². The molecule has 8 heteroatoms. The maximum absolute atomic E-state index is 13.8. The molecule has 2 N–H and O–H groups in total. The molecule has 1 aromatic carbocycles. The van der Waals surface area contributed by atoms with E-state index in [1.165, 1.54) is 0 Å². The Labute approximate surface area is 105 Å². The summed E-state index contributed by atoms with van der Waals surface area (Å²) in [5.41, 5.74) is 3.51. The molecule has 0 amide bonds. The summed E-state index contributed by atoms with van der Waals surface area (Å²) in [5, 5.41) is 7.08. The molecule has 0 unspecified atom stereocenters. The second-order valence-corrected chi connectivity index (χ2v) is 3.70. The number of hydrogen-bond acceptors (Lipinski definition) is 4. The van der Waals surface area contributed by atoms with Gasteiger partial charge in [0.05, 0.1) is 11.1 Å². The van der Waals surface area contributed by atoms with Crippen molar-refractivity contribution in [1.29, 1.82) is 0 Å². The van der Waals surface area contributed by atoms with Crippen molar-refractivity contribution in [2.24, 2.45) is 5.73 Å². The van der Waals surface area contributed by atoms with Crippen LogP contribution in [-0.4, -0.2) is 16.7 Å². The molecule has 4 nitrogen and oxygen atoms in total. The molecule has 19 heavy (non-hydrogen) atoms. The molecule has 0 aliphatic rings. The van der Waals surface area contributed by atoms with Gasteiger partial charge in [-0.2, -0.15) is 13.2 Å². The quantitative estimate of drug-likeness (QED) is 0.873. The maximum atomic E-state index is 13.8. The van der Waals surface area contributed by atoms with Gasteiger partial charge in [0.2, 0.25) is 5.89 Å². The van der Waals surface area contributed by atoms with Crippen molar-refractivity contribution in [3.63, 3.8) is 0 Å². The molecule has 0 saturated heterocycles. The van der Waals surface area contributed by atoms with Crippen LogP contribution in [0.2, 0.25) is 0 Å². The van der Waals surface area contributed by atoms with Crippen molar-refractivity contribution in [3.8, 4) is 11.5 Å². The molecule has 1 aromatic heterocycles. The molecule has 102 valence electrons. The summed E-state index contributed by atoms with van der Waals surface area (Å²) in [6.45, 7) is 0.243. The fourth-order valence-corrected chi connectivity index (χ4v) is 1.50. The van der Waals surface area contributed by atoms with Gasteiger partial charge in [-0.25, -0.2) is 4.39 Å². The van der Waals surface area contributed by atoms with Crippen molar-refractivity contribution in [1.82, 2.24) is 10.2 Å². The second kappa shape index (κ2) is 4.96. The van der Waals surface area contributed by atoms with E-state index >= 15 is 0 Å². The molecule has 0 bridgehead atoms. The summed E-state index contributed by atoms with van der Waals surface area (Å²) in [5.74, 6) is -1.58. The minimum Gasteiger partial charge on any atom is -0.421 e. The highest BCUT2D eigenvalue weighted by Gasteiger charge is 2.35. The van der Waals surface area contributed by atoms with E-state index in [0.717, 1.165) is 12.1 Å². The van der Waals surface area contributed by atoms with E-state index < -0.39 is 17.6 Å². The topological polar surface area (TPSA) is 64.9 Å². The van der Waals surface area contributed by atoms with Gasteiger partial charge < -0.3 is 10.2 Å². The first-order valence-electron chi connectivity index (χ1n) is 5.32. The van der Waals surface area contributed by atoms with Gasteiger partial charge in [0.25, 0.3) is 5.89 Å². The molecule has 0 aliphatic heterocycles. The normalized spacial score (nSPS) is 11.8. The summed E-state index contributed by atoms with van der Waals surface area (Å²) in [6.07, 6.45) is -4.51. The number of rotatable bonds is 3. The Balaban J connectivity index is 2.45. The average molecular weight is 275 g/mol. The van der Waals surface area contributed by atoms with E-state index in [2.05, 4.69) is 10.2 Å². The Morgan fingerprint density at radius 2 is 1.95 bits per heavy atom. The smallest absolute Gasteiger partial charge is 0.419 e. The third-order valence-electron chi connectivity index (χ3n) is 2.36. The third-order valence-corrected chi connectivity index (χ3v) is 2.36. The molecular weight excluding hydrogens is 266 g/mol. The van der Waals surface area contributed by atoms with E-state index in [9.17, 15) is 17.6 Å². The average Bonchev–Trinajstić information content (AvgIpc) is 2.76. The van der Waals surface area contributed by atoms with Gasteiger partial charge >= 0.3 is 6.18 Å². The highest BCUT2D eigenvalue weighted by Crippen LogP contribution is 2.35. The van der Waals surface area contributed by atoms with Crippen molar-refractivity contribution in [2.75, 3.05) is 6.54 Å². The molecule has 0 radical (unpaired) electrons. The number of alkyl halides is 3. The summed E-state index contributed by atoms with van der Waals surface area (Å²) in [4.78, 5) is 0. The zero-order chi connectivity index (χ0) is 14.0. The lowest BCUT2D eigenvalue weighted by molar-refractivity contribution is -0.139. The summed E-state index contributed by atoms with van der Waals surface area (Å²) in [6, 6.07) is 2.87. The van der Waals surface area contributed by atoms with E-state index in [1.807, 2.05) is 0 Å². The van der Waals surface area contributed by atoms with Crippen LogP contribution >= 0.6 is 0 Å². The number of nitrogens with two attached hydrogens (primary N) is 1. The third kappa shape index (κ3) is 2.73. The van der Waals surface area contributed by atoms with Crippen LogP contribution in [0.15, 0.2) is 22.6 Å². The number of halogens is 4. The molecule has 2 aromatic rings. The molecule has 0 fully saturated rings. The maximum Gasteiger partial charge on any atom is 0.419 e. The predicted octanol–water partition coefficient (Wildman–Crippen LogP) is 2.40. The number of hydrogen-bond donors (Lipinski definition) is 1. The Morgan fingerprint density at radius 3 is 2.58 bits per heavy atom. The zero-order valence-corrected chi connectivity index (χ0v) is 9.54. The first-order chi connectivity index (χ1) is 8.93. The molecule has 0 atom stereocenters. The van der Waals surface area contributed by atoms with Crippen LogP contribution in [0.25, 0.3) is 11.5 Å². The van der Waals surface area contributed by atoms with Crippen LogP contribution in [0.1, 0.15) is 11.5 Å². The van der Waals surface area contributed by atoms with Crippen LogP contribution in [0.4, 0.5) is 17.6 Å². The van der Waals surface area contributed by atoms with Crippen LogP contribution in [-0.2, 0) is 12.6 Å². The number of nitrogens with zero attached hydrogens (tertiary/aromatic N) is 2. The van der Waals surface area contributed by atoms with Crippen molar-refractivity contribution in [3.05, 3.63) is 35.5 Å². The van der Waals surface area contributed by atoms with Gasteiger partial charge in [-0.3, -0.25) is 0 Å². The lowest BCUT2D eigenvalue weighted by Gasteiger charge is -2.09. The highest BCUT2D eigenvalue weighted by molar-refractivity contribution is 5.55. The van der Waals surface area contributed by atoms with Gasteiger partial charge in [-0.15, -0.1) is 10.2 Å². The molecule has 1 heterocycles. The summed E-state index contributed by atoms with van der Waals surface area (Å²) >= 11 is 0. The lowest BCUT2D eigenvalue weighted by Crippen LogP contribution is -2.08. The van der Waals surface area contributed by atoms with Crippen molar-refractivity contribution >= 4 is 0 Å². The Bertz CT molecular complexity index is 580. The van der Waals surface area contributed by atoms with E-state index in [-0.39, 0.29) is 30.3 Å². The number of benzene rings is 1. The molecule has 0 spiro atoms. The molecular formula is C11H9F4N3O. The first kappa shape index (κ1) is 13.5. The standard InChI is InChI=1S/C11H9F4N3O/c12-9-6(2-1-3-7(9)11(13,14)15)10-18-17-8(19-10)4-5-16/h1-3H,4-5,16H2. The highest BCUT2D eigenvalue weighted by atomic mass is 19.4. The molecule has 0 aliphatic carbocycles. The number of aromatic nitrogens is 2. The van der Waals surface area contributed by atoms with Crippen LogP contribution in [0, 0.1) is 5.82 Å².